The number of hydrogen-bond donors (Lipinski definition) is 2. The van der Waals surface area contributed by atoms with E-state index in [1.54, 1.807) is 44.4 Å². The van der Waals surface area contributed by atoms with Crippen LogP contribution in [0, 0.1) is 0 Å². The molecule has 2 aromatic rings. The SMILES string of the molecule is CCOP(=O)(OCC)C(c1cccc(O)c1O)N1CCN(c2ncccn2)CC1. The molecule has 2 heterocycles. The van der Waals surface area contributed by atoms with Gasteiger partial charge in [0.2, 0.25) is 5.95 Å². The van der Waals surface area contributed by atoms with Gasteiger partial charge in [0.05, 0.1) is 13.2 Å². The molecule has 9 nitrogen and oxygen atoms in total. The lowest BCUT2D eigenvalue weighted by Gasteiger charge is -2.41. The summed E-state index contributed by atoms with van der Waals surface area (Å²) >= 11 is 0. The number of nitrogens with zero attached hydrogens (tertiary/aromatic N) is 4. The van der Waals surface area contributed by atoms with E-state index in [1.165, 1.54) is 6.07 Å². The number of benzene rings is 1. The number of phenolic OH excluding ortho intramolecular Hbond substituents is 2. The van der Waals surface area contributed by atoms with Crippen LogP contribution in [-0.4, -0.2) is 64.5 Å². The third-order valence-electron chi connectivity index (χ3n) is 4.74. The highest BCUT2D eigenvalue weighted by atomic mass is 31.2. The van der Waals surface area contributed by atoms with Gasteiger partial charge in [-0.25, -0.2) is 9.97 Å². The van der Waals surface area contributed by atoms with Crippen LogP contribution in [0.25, 0.3) is 0 Å². The van der Waals surface area contributed by atoms with E-state index in [0.29, 0.717) is 37.7 Å². The summed E-state index contributed by atoms with van der Waals surface area (Å²) in [6, 6.07) is 6.39. The van der Waals surface area contributed by atoms with Crippen molar-refractivity contribution in [3.05, 3.63) is 42.2 Å². The van der Waals surface area contributed by atoms with Crippen LogP contribution in [0.15, 0.2) is 36.7 Å². The highest BCUT2D eigenvalue weighted by molar-refractivity contribution is 7.54. The van der Waals surface area contributed by atoms with Crippen LogP contribution < -0.4 is 4.90 Å². The minimum absolute atomic E-state index is 0.200. The van der Waals surface area contributed by atoms with Gasteiger partial charge in [-0.15, -0.1) is 0 Å². The van der Waals surface area contributed by atoms with Crippen molar-refractivity contribution in [1.29, 1.82) is 0 Å². The van der Waals surface area contributed by atoms with E-state index < -0.39 is 13.4 Å². The van der Waals surface area contributed by atoms with Gasteiger partial charge in [0.15, 0.2) is 11.5 Å². The van der Waals surface area contributed by atoms with Crippen molar-refractivity contribution in [3.63, 3.8) is 0 Å². The third kappa shape index (κ3) is 4.70. The van der Waals surface area contributed by atoms with Gasteiger partial charge in [0, 0.05) is 44.1 Å². The second-order valence-corrected chi connectivity index (χ2v) is 8.62. The van der Waals surface area contributed by atoms with E-state index in [0.717, 1.165) is 0 Å². The number of hydrogen-bond acceptors (Lipinski definition) is 9. The van der Waals surface area contributed by atoms with E-state index in [1.807, 2.05) is 9.80 Å². The van der Waals surface area contributed by atoms with Crippen LogP contribution in [0.2, 0.25) is 0 Å². The molecule has 1 saturated heterocycles. The largest absolute Gasteiger partial charge is 0.504 e. The molecule has 0 radical (unpaired) electrons. The lowest BCUT2D eigenvalue weighted by atomic mass is 10.1. The minimum Gasteiger partial charge on any atom is -0.504 e. The maximum Gasteiger partial charge on any atom is 0.352 e. The van der Waals surface area contributed by atoms with Crippen LogP contribution in [0.5, 0.6) is 11.5 Å². The first-order valence-corrected chi connectivity index (χ1v) is 11.3. The van der Waals surface area contributed by atoms with E-state index >= 15 is 0 Å². The zero-order chi connectivity index (χ0) is 20.9. The Morgan fingerprint density at radius 1 is 1.03 bits per heavy atom. The van der Waals surface area contributed by atoms with E-state index in [4.69, 9.17) is 9.05 Å². The van der Waals surface area contributed by atoms with Gasteiger partial charge in [-0.05, 0) is 26.0 Å². The summed E-state index contributed by atoms with van der Waals surface area (Å²) in [5, 5.41) is 20.5. The van der Waals surface area contributed by atoms with Gasteiger partial charge in [-0.1, -0.05) is 12.1 Å². The Bertz CT molecular complexity index is 836. The number of anilines is 1. The van der Waals surface area contributed by atoms with Crippen molar-refractivity contribution in [2.45, 2.75) is 19.6 Å². The van der Waals surface area contributed by atoms with Crippen molar-refractivity contribution >= 4 is 13.5 Å². The highest BCUT2D eigenvalue weighted by Gasteiger charge is 2.44. The Labute approximate surface area is 170 Å². The third-order valence-corrected chi connectivity index (χ3v) is 7.18. The first kappa shape index (κ1) is 21.5. The fraction of sp³-hybridized carbons (Fsp3) is 0.474. The molecule has 29 heavy (non-hydrogen) atoms. The average molecular weight is 422 g/mol. The Morgan fingerprint density at radius 2 is 1.66 bits per heavy atom. The summed E-state index contributed by atoms with van der Waals surface area (Å²) in [7, 11) is -3.65. The van der Waals surface area contributed by atoms with Crippen molar-refractivity contribution in [1.82, 2.24) is 14.9 Å². The topological polar surface area (TPSA) is 108 Å². The molecule has 0 bridgehead atoms. The smallest absolute Gasteiger partial charge is 0.352 e. The molecule has 10 heteroatoms. The van der Waals surface area contributed by atoms with Gasteiger partial charge in [-0.3, -0.25) is 9.46 Å². The molecule has 0 spiro atoms. The molecule has 158 valence electrons. The number of aromatic hydroxyl groups is 2. The molecule has 1 fully saturated rings. The lowest BCUT2D eigenvalue weighted by molar-refractivity contribution is 0.156. The number of piperazine rings is 1. The van der Waals surface area contributed by atoms with E-state index in [2.05, 4.69) is 9.97 Å². The second-order valence-electron chi connectivity index (χ2n) is 6.54. The first-order valence-electron chi connectivity index (χ1n) is 9.65. The summed E-state index contributed by atoms with van der Waals surface area (Å²) in [4.78, 5) is 12.6. The number of rotatable bonds is 8. The van der Waals surface area contributed by atoms with Gasteiger partial charge in [-0.2, -0.15) is 0 Å². The van der Waals surface area contributed by atoms with E-state index in [9.17, 15) is 14.8 Å². The predicted octanol–water partition coefficient (Wildman–Crippen LogP) is 2.97. The van der Waals surface area contributed by atoms with Gasteiger partial charge >= 0.3 is 7.60 Å². The first-order chi connectivity index (χ1) is 14.0. The maximum atomic E-state index is 13.7. The molecule has 0 amide bonds. The van der Waals surface area contributed by atoms with Crippen LogP contribution >= 0.6 is 7.60 Å². The molecule has 2 N–H and O–H groups in total. The van der Waals surface area contributed by atoms with Crippen LogP contribution in [-0.2, 0) is 13.6 Å². The standard InChI is InChI=1S/C19H27N4O5P/c1-3-27-29(26,28-4-2)18(15-7-5-8-16(24)17(15)25)22-11-13-23(14-12-22)19-20-9-6-10-21-19/h5-10,18,24-25H,3-4,11-14H2,1-2H3. The van der Waals surface area contributed by atoms with Gasteiger partial charge in [0.1, 0.15) is 5.78 Å². The molecule has 3 rings (SSSR count). The maximum absolute atomic E-state index is 13.7. The molecule has 1 unspecified atom stereocenters. The van der Waals surface area contributed by atoms with Crippen LogP contribution in [0.1, 0.15) is 25.2 Å². The molecule has 1 atom stereocenters. The van der Waals surface area contributed by atoms with Crippen molar-refractivity contribution in [3.8, 4) is 11.5 Å². The van der Waals surface area contributed by atoms with Crippen LogP contribution in [0.4, 0.5) is 5.95 Å². The zero-order valence-corrected chi connectivity index (χ0v) is 17.5. The molecule has 1 aromatic carbocycles. The normalized spacial score (nSPS) is 16.7. The molecular formula is C19H27N4O5P. The molecule has 1 aromatic heterocycles. The van der Waals surface area contributed by atoms with E-state index in [-0.39, 0.29) is 24.7 Å². The molecule has 0 saturated carbocycles. The Balaban J connectivity index is 1.92. The summed E-state index contributed by atoms with van der Waals surface area (Å²) in [6.07, 6.45) is 3.39. The summed E-state index contributed by atoms with van der Waals surface area (Å²) < 4.78 is 24.9. The van der Waals surface area contributed by atoms with Crippen molar-refractivity contribution in [2.24, 2.45) is 0 Å². The lowest BCUT2D eigenvalue weighted by Crippen LogP contribution is -2.48. The number of para-hydroxylation sites is 1. The summed E-state index contributed by atoms with van der Waals surface area (Å²) in [6.45, 7) is 6.17. The molecular weight excluding hydrogens is 395 g/mol. The number of aromatic nitrogens is 2. The van der Waals surface area contributed by atoms with Crippen LogP contribution in [0.3, 0.4) is 0 Å². The van der Waals surface area contributed by atoms with Gasteiger partial charge in [0.25, 0.3) is 0 Å². The monoisotopic (exact) mass is 422 g/mol. The summed E-state index contributed by atoms with van der Waals surface area (Å²) in [5.74, 6) is -0.788. The second kappa shape index (κ2) is 9.54. The van der Waals surface area contributed by atoms with Crippen molar-refractivity contribution < 1.29 is 23.8 Å². The quantitative estimate of drug-likeness (QED) is 0.490. The highest BCUT2D eigenvalue weighted by Crippen LogP contribution is 2.64. The van der Waals surface area contributed by atoms with Crippen molar-refractivity contribution in [2.75, 3.05) is 44.3 Å². The predicted molar refractivity (Wildman–Crippen MR) is 109 cm³/mol. The van der Waals surface area contributed by atoms with Gasteiger partial charge < -0.3 is 24.2 Å². The summed E-state index contributed by atoms with van der Waals surface area (Å²) in [5.41, 5.74) is 0.319. The minimum atomic E-state index is -3.65. The fourth-order valence-corrected chi connectivity index (χ4v) is 5.74. The zero-order valence-electron chi connectivity index (χ0n) is 16.6. The molecule has 1 aliphatic rings. The average Bonchev–Trinajstić information content (AvgIpc) is 2.73. The Hall–Kier alpha value is -2.19. The Morgan fingerprint density at radius 3 is 2.24 bits per heavy atom. The molecule has 1 aliphatic heterocycles. The number of phenols is 2. The fourth-order valence-electron chi connectivity index (χ4n) is 3.48. The Kier molecular flexibility index (Phi) is 7.08. The molecule has 0 aliphatic carbocycles.